The van der Waals surface area contributed by atoms with E-state index in [1.54, 1.807) is 19.4 Å². The highest BCUT2D eigenvalue weighted by Gasteiger charge is 2.34. The molecule has 37 heavy (non-hydrogen) atoms. The number of ether oxygens (including phenoxy) is 1. The number of hydrogen-bond acceptors (Lipinski definition) is 7. The first-order chi connectivity index (χ1) is 17.9. The van der Waals surface area contributed by atoms with E-state index in [2.05, 4.69) is 21.5 Å². The predicted molar refractivity (Wildman–Crippen MR) is 138 cm³/mol. The molecular weight excluding hydrogens is 474 g/mol. The topological polar surface area (TPSA) is 119 Å². The second-order valence-electron chi connectivity index (χ2n) is 9.47. The number of likely N-dealkylation sites (tertiary alicyclic amines) is 1. The van der Waals surface area contributed by atoms with E-state index in [4.69, 9.17) is 4.74 Å². The minimum absolute atomic E-state index is 0.0787. The van der Waals surface area contributed by atoms with Gasteiger partial charge in [-0.1, -0.05) is 6.07 Å². The molecule has 1 fully saturated rings. The molecule has 0 radical (unpaired) electrons. The summed E-state index contributed by atoms with van der Waals surface area (Å²) in [6, 6.07) is 16.6. The monoisotopic (exact) mass is 501 g/mol. The second-order valence-corrected chi connectivity index (χ2v) is 9.47. The number of hydrogen-bond donors (Lipinski definition) is 1. The summed E-state index contributed by atoms with van der Waals surface area (Å²) in [5.41, 5.74) is 5.66. The molecule has 10 nitrogen and oxygen atoms in total. The van der Waals surface area contributed by atoms with Crippen LogP contribution in [0.2, 0.25) is 0 Å². The molecule has 190 valence electrons. The summed E-state index contributed by atoms with van der Waals surface area (Å²) < 4.78 is 7.53. The van der Waals surface area contributed by atoms with Gasteiger partial charge in [0.25, 0.3) is 17.2 Å². The number of nitrogens with zero attached hydrogens (tertiary/aromatic N) is 4. The minimum Gasteiger partial charge on any atom is -0.496 e. The first kappa shape index (κ1) is 24.4. The van der Waals surface area contributed by atoms with Gasteiger partial charge in [0.1, 0.15) is 5.75 Å². The van der Waals surface area contributed by atoms with Crippen LogP contribution in [0.15, 0.2) is 70.6 Å². The van der Waals surface area contributed by atoms with E-state index in [1.807, 2.05) is 28.8 Å². The molecule has 0 unspecified atom stereocenters. The van der Waals surface area contributed by atoms with Gasteiger partial charge in [-0.3, -0.25) is 24.6 Å². The number of non-ortho nitro benzene ring substituents is 1. The molecule has 0 spiro atoms. The van der Waals surface area contributed by atoms with Gasteiger partial charge in [0.2, 0.25) is 0 Å². The number of carbonyl (C=O) groups excluding carboxylic acids is 1. The molecule has 5 rings (SSSR count). The van der Waals surface area contributed by atoms with E-state index < -0.39 is 10.8 Å². The Morgan fingerprint density at radius 1 is 1.16 bits per heavy atom. The number of rotatable bonds is 7. The molecule has 1 saturated heterocycles. The van der Waals surface area contributed by atoms with E-state index in [9.17, 15) is 19.7 Å². The molecule has 3 aromatic rings. The molecule has 2 aromatic carbocycles. The van der Waals surface area contributed by atoms with Crippen molar-refractivity contribution in [1.82, 2.24) is 14.9 Å². The Labute approximate surface area is 213 Å². The maximum atomic E-state index is 12.3. The van der Waals surface area contributed by atoms with Crippen LogP contribution in [0, 0.1) is 16.0 Å². The van der Waals surface area contributed by atoms with Crippen LogP contribution in [0.25, 0.3) is 0 Å². The highest BCUT2D eigenvalue weighted by molar-refractivity contribution is 5.95. The third kappa shape index (κ3) is 5.29. The van der Waals surface area contributed by atoms with E-state index >= 15 is 0 Å². The van der Waals surface area contributed by atoms with Crippen molar-refractivity contribution in [2.24, 2.45) is 11.0 Å². The van der Waals surface area contributed by atoms with E-state index in [0.29, 0.717) is 18.4 Å². The summed E-state index contributed by atoms with van der Waals surface area (Å²) in [6.45, 7) is 3.22. The molecule has 2 bridgehead atoms. The maximum Gasteiger partial charge on any atom is 0.271 e. The van der Waals surface area contributed by atoms with Crippen LogP contribution in [-0.4, -0.2) is 46.7 Å². The van der Waals surface area contributed by atoms with Gasteiger partial charge >= 0.3 is 0 Å². The van der Waals surface area contributed by atoms with Gasteiger partial charge in [-0.05, 0) is 54.3 Å². The SMILES string of the molecule is COc1ccc(/C=N\NC(=O)c2ccc([N+](=O)[O-])cc2)cc1CN1C[C@@H]2C[C@@H](C1)c1cccc(=O)n1C2. The number of pyridine rings is 1. The van der Waals surface area contributed by atoms with E-state index in [-0.39, 0.29) is 16.8 Å². The molecule has 3 heterocycles. The van der Waals surface area contributed by atoms with Crippen molar-refractivity contribution in [2.75, 3.05) is 20.2 Å². The average molecular weight is 502 g/mol. The summed E-state index contributed by atoms with van der Waals surface area (Å²) in [4.78, 5) is 37.3. The summed E-state index contributed by atoms with van der Waals surface area (Å²) in [6.07, 6.45) is 2.65. The molecule has 1 N–H and O–H groups in total. The first-order valence-corrected chi connectivity index (χ1v) is 12.1. The average Bonchev–Trinajstić information content (AvgIpc) is 2.89. The fourth-order valence-corrected chi connectivity index (χ4v) is 5.33. The quantitative estimate of drug-likeness (QED) is 0.302. The molecule has 2 aliphatic heterocycles. The molecule has 2 atom stereocenters. The number of carbonyl (C=O) groups is 1. The normalized spacial score (nSPS) is 18.8. The van der Waals surface area contributed by atoms with Crippen LogP contribution in [-0.2, 0) is 13.1 Å². The zero-order chi connectivity index (χ0) is 25.9. The van der Waals surface area contributed by atoms with Crippen LogP contribution >= 0.6 is 0 Å². The summed E-state index contributed by atoms with van der Waals surface area (Å²) in [7, 11) is 1.64. The van der Waals surface area contributed by atoms with Gasteiger partial charge in [0, 0.05) is 67.1 Å². The first-order valence-electron chi connectivity index (χ1n) is 12.1. The largest absolute Gasteiger partial charge is 0.496 e. The van der Waals surface area contributed by atoms with Crippen LogP contribution in [0.1, 0.15) is 39.5 Å². The summed E-state index contributed by atoms with van der Waals surface area (Å²) >= 11 is 0. The molecule has 0 aliphatic carbocycles. The van der Waals surface area contributed by atoms with Gasteiger partial charge < -0.3 is 9.30 Å². The standard InChI is InChI=1S/C27H27N5O5/c1-37-25-10-5-18(13-28-29-27(34)20-6-8-23(9-7-20)32(35)36)11-22(25)17-30-14-19-12-21(16-30)24-3-2-4-26(33)31(24)15-19/h2-11,13,19,21H,12,14-17H2,1H3,(H,29,34)/b28-13-/t19-,21-/m0/s1. The van der Waals surface area contributed by atoms with Crippen LogP contribution in [0.3, 0.4) is 0 Å². The fraction of sp³-hybridized carbons (Fsp3) is 0.296. The number of piperidine rings is 1. The molecule has 0 saturated carbocycles. The van der Waals surface area contributed by atoms with Gasteiger partial charge in [0.15, 0.2) is 0 Å². The minimum atomic E-state index is -0.516. The highest BCUT2D eigenvalue weighted by atomic mass is 16.6. The smallest absolute Gasteiger partial charge is 0.271 e. The molecular formula is C27H27N5O5. The fourth-order valence-electron chi connectivity index (χ4n) is 5.33. The Balaban J connectivity index is 1.26. The zero-order valence-electron chi connectivity index (χ0n) is 20.4. The van der Waals surface area contributed by atoms with Crippen molar-refractivity contribution in [3.05, 3.63) is 104 Å². The van der Waals surface area contributed by atoms with Crippen molar-refractivity contribution in [2.45, 2.75) is 25.4 Å². The number of methoxy groups -OCH3 is 1. The number of fused-ring (bicyclic) bond motifs is 4. The van der Waals surface area contributed by atoms with Gasteiger partial charge in [-0.25, -0.2) is 5.43 Å². The van der Waals surface area contributed by atoms with Crippen molar-refractivity contribution in [1.29, 1.82) is 0 Å². The number of aromatic nitrogens is 1. The maximum absolute atomic E-state index is 12.3. The predicted octanol–water partition coefficient (Wildman–Crippen LogP) is 3.15. The lowest BCUT2D eigenvalue weighted by Gasteiger charge is -2.42. The van der Waals surface area contributed by atoms with Crippen molar-refractivity contribution < 1.29 is 14.5 Å². The Kier molecular flexibility index (Phi) is 6.82. The van der Waals surface area contributed by atoms with Crippen molar-refractivity contribution >= 4 is 17.8 Å². The number of amides is 1. The summed E-state index contributed by atoms with van der Waals surface area (Å²) in [5.74, 6) is 1.07. The van der Waals surface area contributed by atoms with Crippen molar-refractivity contribution in [3.8, 4) is 5.75 Å². The van der Waals surface area contributed by atoms with Gasteiger partial charge in [-0.15, -0.1) is 0 Å². The number of nitro benzene ring substituents is 1. The molecule has 1 amide bonds. The number of nitrogens with one attached hydrogen (secondary N) is 1. The molecule has 10 heteroatoms. The molecule has 1 aromatic heterocycles. The third-order valence-corrected chi connectivity index (χ3v) is 6.97. The Morgan fingerprint density at radius 2 is 1.97 bits per heavy atom. The van der Waals surface area contributed by atoms with Crippen molar-refractivity contribution in [3.63, 3.8) is 0 Å². The number of hydrazone groups is 1. The second kappa shape index (κ2) is 10.4. The Hall–Kier alpha value is -4.31. The molecule has 2 aliphatic rings. The van der Waals surface area contributed by atoms with Crippen LogP contribution in [0.4, 0.5) is 5.69 Å². The lowest BCUT2D eigenvalue weighted by molar-refractivity contribution is -0.384. The van der Waals surface area contributed by atoms with E-state index in [0.717, 1.165) is 48.6 Å². The Morgan fingerprint density at radius 3 is 2.73 bits per heavy atom. The van der Waals surface area contributed by atoms with Crippen LogP contribution in [0.5, 0.6) is 5.75 Å². The highest BCUT2D eigenvalue weighted by Crippen LogP contribution is 2.36. The van der Waals surface area contributed by atoms with Gasteiger partial charge in [-0.2, -0.15) is 5.10 Å². The number of benzene rings is 2. The number of nitro groups is 1. The van der Waals surface area contributed by atoms with Crippen LogP contribution < -0.4 is 15.7 Å². The van der Waals surface area contributed by atoms with Gasteiger partial charge in [0.05, 0.1) is 18.2 Å². The van der Waals surface area contributed by atoms with E-state index in [1.165, 1.54) is 24.3 Å². The third-order valence-electron chi connectivity index (χ3n) is 6.97. The lowest BCUT2D eigenvalue weighted by Crippen LogP contribution is -2.46. The Bertz CT molecular complexity index is 1420. The summed E-state index contributed by atoms with van der Waals surface area (Å²) in [5, 5.41) is 14.8. The lowest BCUT2D eigenvalue weighted by atomic mass is 9.83. The zero-order valence-corrected chi connectivity index (χ0v) is 20.4.